The van der Waals surface area contributed by atoms with E-state index in [-0.39, 0.29) is 12.6 Å². The number of anilines is 2. The maximum absolute atomic E-state index is 12.3. The number of nitrogens with zero attached hydrogens (tertiary/aromatic N) is 4. The second-order valence-corrected chi connectivity index (χ2v) is 7.67. The minimum Gasteiger partial charge on any atom is -0.395 e. The number of aliphatic hydroxyl groups is 1. The molecular formula is C20H22N6O2S. The van der Waals surface area contributed by atoms with Crippen LogP contribution < -0.4 is 10.6 Å². The van der Waals surface area contributed by atoms with Crippen LogP contribution in [0.4, 0.5) is 16.4 Å². The van der Waals surface area contributed by atoms with Crippen molar-refractivity contribution in [3.8, 4) is 10.6 Å². The van der Waals surface area contributed by atoms with Crippen molar-refractivity contribution in [2.75, 3.05) is 23.8 Å². The molecular weight excluding hydrogens is 388 g/mol. The number of rotatable bonds is 6. The lowest BCUT2D eigenvalue weighted by atomic mass is 10.2. The second-order valence-electron chi connectivity index (χ2n) is 6.82. The molecule has 150 valence electrons. The fourth-order valence-electron chi connectivity index (χ4n) is 3.38. The van der Waals surface area contributed by atoms with Crippen LogP contribution in [0.25, 0.3) is 10.6 Å². The third-order valence-electron chi connectivity index (χ3n) is 4.80. The summed E-state index contributed by atoms with van der Waals surface area (Å²) in [6, 6.07) is 9.09. The van der Waals surface area contributed by atoms with E-state index in [9.17, 15) is 9.90 Å². The molecule has 0 saturated carbocycles. The third-order valence-corrected chi connectivity index (χ3v) is 5.69. The Bertz CT molecular complexity index is 964. The van der Waals surface area contributed by atoms with Crippen molar-refractivity contribution in [3.05, 3.63) is 53.8 Å². The Morgan fingerprint density at radius 3 is 2.83 bits per heavy atom. The SMILES string of the molecule is O=C(Nc1cccc(CN2CCCC2CO)n1)Nc1csc(-c2ccncc2)n1. The fourth-order valence-corrected chi connectivity index (χ4v) is 4.14. The number of nitrogens with one attached hydrogen (secondary N) is 2. The molecule has 0 radical (unpaired) electrons. The van der Waals surface area contributed by atoms with Gasteiger partial charge in [0.05, 0.1) is 12.3 Å². The van der Waals surface area contributed by atoms with Crippen molar-refractivity contribution in [2.24, 2.45) is 0 Å². The summed E-state index contributed by atoms with van der Waals surface area (Å²) in [5.41, 5.74) is 1.81. The summed E-state index contributed by atoms with van der Waals surface area (Å²) in [7, 11) is 0. The number of aliphatic hydroxyl groups excluding tert-OH is 1. The Balaban J connectivity index is 1.36. The van der Waals surface area contributed by atoms with Gasteiger partial charge in [-0.3, -0.25) is 20.5 Å². The Kier molecular flexibility index (Phi) is 6.09. The number of aromatic nitrogens is 3. The summed E-state index contributed by atoms with van der Waals surface area (Å²) in [6.45, 7) is 1.77. The van der Waals surface area contributed by atoms with Crippen molar-refractivity contribution in [1.82, 2.24) is 19.9 Å². The summed E-state index contributed by atoms with van der Waals surface area (Å²) < 4.78 is 0. The van der Waals surface area contributed by atoms with Gasteiger partial charge in [0.25, 0.3) is 0 Å². The first-order valence-electron chi connectivity index (χ1n) is 9.46. The zero-order chi connectivity index (χ0) is 20.1. The van der Waals surface area contributed by atoms with Gasteiger partial charge in [-0.1, -0.05) is 6.07 Å². The third kappa shape index (κ3) is 4.94. The number of likely N-dealkylation sites (tertiary alicyclic amines) is 1. The number of amides is 2. The van der Waals surface area contributed by atoms with Gasteiger partial charge in [-0.2, -0.15) is 0 Å². The largest absolute Gasteiger partial charge is 0.395 e. The van der Waals surface area contributed by atoms with Gasteiger partial charge < -0.3 is 5.11 Å². The highest BCUT2D eigenvalue weighted by atomic mass is 32.1. The first kappa shape index (κ1) is 19.4. The normalized spacial score (nSPS) is 16.7. The van der Waals surface area contributed by atoms with Crippen molar-refractivity contribution in [1.29, 1.82) is 0 Å². The zero-order valence-electron chi connectivity index (χ0n) is 15.8. The first-order chi connectivity index (χ1) is 14.2. The molecule has 2 amide bonds. The lowest BCUT2D eigenvalue weighted by Gasteiger charge is -2.22. The molecule has 0 aromatic carbocycles. The standard InChI is InChI=1S/C20H22N6O2S/c27-12-16-4-2-10-26(16)11-15-3-1-5-17(22-15)24-20(28)25-18-13-29-19(23-18)14-6-8-21-9-7-14/h1,3,5-9,13,16,27H,2,4,10-12H2,(H2,22,24,25,28). The number of thiazole rings is 1. The number of urea groups is 1. The quantitative estimate of drug-likeness (QED) is 0.577. The average Bonchev–Trinajstić information content (AvgIpc) is 3.38. The molecule has 1 saturated heterocycles. The second kappa shape index (κ2) is 9.08. The maximum Gasteiger partial charge on any atom is 0.326 e. The van der Waals surface area contributed by atoms with E-state index in [0.29, 0.717) is 18.2 Å². The van der Waals surface area contributed by atoms with Gasteiger partial charge in [-0.15, -0.1) is 11.3 Å². The van der Waals surface area contributed by atoms with E-state index < -0.39 is 6.03 Å². The molecule has 1 aliphatic heterocycles. The van der Waals surface area contributed by atoms with Crippen molar-refractivity contribution in [2.45, 2.75) is 25.4 Å². The minimum atomic E-state index is -0.393. The van der Waals surface area contributed by atoms with Gasteiger partial charge in [-0.25, -0.2) is 14.8 Å². The molecule has 1 unspecified atom stereocenters. The van der Waals surface area contributed by atoms with Crippen LogP contribution in [0.1, 0.15) is 18.5 Å². The Morgan fingerprint density at radius 1 is 1.17 bits per heavy atom. The molecule has 8 nitrogen and oxygen atoms in total. The van der Waals surface area contributed by atoms with Gasteiger partial charge in [0.1, 0.15) is 16.6 Å². The van der Waals surface area contributed by atoms with Gasteiger partial charge in [0.15, 0.2) is 0 Å². The van der Waals surface area contributed by atoms with Crippen LogP contribution >= 0.6 is 11.3 Å². The summed E-state index contributed by atoms with van der Waals surface area (Å²) in [6.07, 6.45) is 5.51. The maximum atomic E-state index is 12.3. The predicted molar refractivity (Wildman–Crippen MR) is 113 cm³/mol. The average molecular weight is 411 g/mol. The van der Waals surface area contributed by atoms with Crippen LogP contribution in [0.5, 0.6) is 0 Å². The van der Waals surface area contributed by atoms with E-state index in [1.165, 1.54) is 11.3 Å². The molecule has 4 rings (SSSR count). The monoisotopic (exact) mass is 410 g/mol. The number of carbonyl (C=O) groups excluding carboxylic acids is 1. The van der Waals surface area contributed by atoms with E-state index in [1.54, 1.807) is 23.8 Å². The first-order valence-corrected chi connectivity index (χ1v) is 10.3. The number of hydrogen-bond acceptors (Lipinski definition) is 7. The van der Waals surface area contributed by atoms with Crippen molar-refractivity contribution >= 4 is 29.0 Å². The molecule has 1 fully saturated rings. The lowest BCUT2D eigenvalue weighted by Crippen LogP contribution is -2.32. The molecule has 4 heterocycles. The molecule has 3 N–H and O–H groups in total. The van der Waals surface area contributed by atoms with Crippen molar-refractivity contribution < 1.29 is 9.90 Å². The number of hydrogen-bond donors (Lipinski definition) is 3. The van der Waals surface area contributed by atoms with Gasteiger partial charge in [-0.05, 0) is 43.7 Å². The van der Waals surface area contributed by atoms with Crippen molar-refractivity contribution in [3.63, 3.8) is 0 Å². The van der Waals surface area contributed by atoms with Gasteiger partial charge >= 0.3 is 6.03 Å². The molecule has 3 aromatic heterocycles. The smallest absolute Gasteiger partial charge is 0.326 e. The van der Waals surface area contributed by atoms with E-state index in [1.807, 2.05) is 24.3 Å². The Labute approximate surface area is 172 Å². The highest BCUT2D eigenvalue weighted by Crippen LogP contribution is 2.25. The summed E-state index contributed by atoms with van der Waals surface area (Å²) >= 11 is 1.45. The highest BCUT2D eigenvalue weighted by molar-refractivity contribution is 7.13. The zero-order valence-corrected chi connectivity index (χ0v) is 16.6. The van der Waals surface area contributed by atoms with Crippen LogP contribution in [0.2, 0.25) is 0 Å². The molecule has 0 bridgehead atoms. The Morgan fingerprint density at radius 2 is 2.00 bits per heavy atom. The van der Waals surface area contributed by atoms with E-state index >= 15 is 0 Å². The van der Waals surface area contributed by atoms with E-state index in [2.05, 4.69) is 30.5 Å². The van der Waals surface area contributed by atoms with Gasteiger partial charge in [0, 0.05) is 35.9 Å². The molecule has 0 aliphatic carbocycles. The van der Waals surface area contributed by atoms with Gasteiger partial charge in [0.2, 0.25) is 0 Å². The minimum absolute atomic E-state index is 0.162. The predicted octanol–water partition coefficient (Wildman–Crippen LogP) is 3.20. The molecule has 9 heteroatoms. The van der Waals surface area contributed by atoms with Crippen LogP contribution in [0.3, 0.4) is 0 Å². The molecule has 1 aliphatic rings. The molecule has 29 heavy (non-hydrogen) atoms. The van der Waals surface area contributed by atoms with Crippen LogP contribution in [0.15, 0.2) is 48.1 Å². The number of pyridine rings is 2. The molecule has 1 atom stereocenters. The Hall–Kier alpha value is -2.88. The van der Waals surface area contributed by atoms with Crippen LogP contribution in [-0.4, -0.2) is 50.2 Å². The summed E-state index contributed by atoms with van der Waals surface area (Å²) in [4.78, 5) is 27.5. The highest BCUT2D eigenvalue weighted by Gasteiger charge is 2.24. The molecule has 3 aromatic rings. The van der Waals surface area contributed by atoms with Crippen LogP contribution in [0, 0.1) is 0 Å². The van der Waals surface area contributed by atoms with E-state index in [4.69, 9.17) is 0 Å². The fraction of sp³-hybridized carbons (Fsp3) is 0.300. The lowest BCUT2D eigenvalue weighted by molar-refractivity contribution is 0.152. The number of carbonyl (C=O) groups is 1. The molecule has 0 spiro atoms. The topological polar surface area (TPSA) is 103 Å². The van der Waals surface area contributed by atoms with E-state index in [0.717, 1.165) is 35.7 Å². The van der Waals surface area contributed by atoms with Crippen LogP contribution in [-0.2, 0) is 6.54 Å². The summed E-state index contributed by atoms with van der Waals surface area (Å²) in [5, 5.41) is 17.6. The summed E-state index contributed by atoms with van der Waals surface area (Å²) in [5.74, 6) is 0.961.